The van der Waals surface area contributed by atoms with Crippen LogP contribution in [-0.2, 0) is 6.42 Å². The molecule has 1 heteroatoms. The molecule has 0 aromatic carbocycles. The molecule has 1 nitrogen and oxygen atoms in total. The Kier molecular flexibility index (Phi) is 3.52. The monoisotopic (exact) mass is 161 g/mol. The van der Waals surface area contributed by atoms with E-state index in [1.54, 1.807) is 0 Å². The van der Waals surface area contributed by atoms with Crippen LogP contribution in [0.5, 0.6) is 0 Å². The number of pyridine rings is 1. The number of rotatable bonds is 4. The van der Waals surface area contributed by atoms with Gasteiger partial charge in [0.15, 0.2) is 0 Å². The smallest absolute Gasteiger partial charge is 0.0270 e. The van der Waals surface area contributed by atoms with E-state index < -0.39 is 0 Å². The van der Waals surface area contributed by atoms with Crippen LogP contribution in [0, 0.1) is 0 Å². The highest BCUT2D eigenvalue weighted by Gasteiger charge is 1.91. The van der Waals surface area contributed by atoms with Gasteiger partial charge in [0, 0.05) is 12.4 Å². The molecule has 0 radical (unpaired) electrons. The van der Waals surface area contributed by atoms with Crippen LogP contribution < -0.4 is 0 Å². The molecule has 1 rings (SSSR count). The van der Waals surface area contributed by atoms with Crippen LogP contribution in [0.25, 0.3) is 0 Å². The molecule has 0 aliphatic heterocycles. The lowest BCUT2D eigenvalue weighted by Gasteiger charge is -1.99. The first-order valence-electron chi connectivity index (χ1n) is 4.32. The van der Waals surface area contributed by atoms with Gasteiger partial charge in [-0.05, 0) is 43.9 Å². The zero-order chi connectivity index (χ0) is 8.81. The fourth-order valence-electron chi connectivity index (χ4n) is 1.14. The highest BCUT2D eigenvalue weighted by atomic mass is 14.6. The van der Waals surface area contributed by atoms with Gasteiger partial charge in [0.25, 0.3) is 0 Å². The molecule has 0 N–H and O–H groups in total. The van der Waals surface area contributed by atoms with Crippen molar-refractivity contribution in [2.75, 3.05) is 0 Å². The van der Waals surface area contributed by atoms with Crippen molar-refractivity contribution in [2.45, 2.75) is 26.2 Å². The highest BCUT2D eigenvalue weighted by molar-refractivity contribution is 5.09. The first kappa shape index (κ1) is 8.98. The van der Waals surface area contributed by atoms with Crippen LogP contribution in [0.4, 0.5) is 0 Å². The maximum absolute atomic E-state index is 3.97. The van der Waals surface area contributed by atoms with Crippen LogP contribution in [0.2, 0.25) is 0 Å². The third-order valence-electron chi connectivity index (χ3n) is 1.82. The number of hydrogen-bond acceptors (Lipinski definition) is 1. The summed E-state index contributed by atoms with van der Waals surface area (Å²) in [4.78, 5) is 3.97. The molecule has 0 fully saturated rings. The van der Waals surface area contributed by atoms with E-state index in [0.29, 0.717) is 0 Å². The van der Waals surface area contributed by atoms with Gasteiger partial charge in [-0.1, -0.05) is 5.57 Å². The van der Waals surface area contributed by atoms with Gasteiger partial charge in [-0.15, -0.1) is 6.58 Å². The summed E-state index contributed by atoms with van der Waals surface area (Å²) >= 11 is 0. The second-order valence-electron chi connectivity index (χ2n) is 3.17. The molecule has 1 heterocycles. The number of aryl methyl sites for hydroxylation is 1. The third-order valence-corrected chi connectivity index (χ3v) is 1.82. The molecule has 0 spiro atoms. The minimum atomic E-state index is 1.13. The van der Waals surface area contributed by atoms with Gasteiger partial charge in [-0.25, -0.2) is 0 Å². The van der Waals surface area contributed by atoms with E-state index >= 15 is 0 Å². The molecule has 1 aromatic rings. The molecule has 0 aliphatic rings. The molecule has 0 unspecified atom stereocenters. The Labute approximate surface area is 74.2 Å². The van der Waals surface area contributed by atoms with Gasteiger partial charge in [0.05, 0.1) is 0 Å². The summed E-state index contributed by atoms with van der Waals surface area (Å²) in [7, 11) is 0. The largest absolute Gasteiger partial charge is 0.265 e. The fourth-order valence-corrected chi connectivity index (χ4v) is 1.14. The SMILES string of the molecule is C=C(C)CCCc1ccncc1. The van der Waals surface area contributed by atoms with Crippen LogP contribution in [0.3, 0.4) is 0 Å². The Hall–Kier alpha value is -1.11. The predicted octanol–water partition coefficient (Wildman–Crippen LogP) is 2.98. The Morgan fingerprint density at radius 3 is 2.67 bits per heavy atom. The molecule has 0 atom stereocenters. The molecule has 12 heavy (non-hydrogen) atoms. The van der Waals surface area contributed by atoms with E-state index in [4.69, 9.17) is 0 Å². The molecule has 0 amide bonds. The van der Waals surface area contributed by atoms with Crippen LogP contribution >= 0.6 is 0 Å². The van der Waals surface area contributed by atoms with Crippen LogP contribution in [-0.4, -0.2) is 4.98 Å². The zero-order valence-corrected chi connectivity index (χ0v) is 7.59. The lowest BCUT2D eigenvalue weighted by atomic mass is 10.1. The van der Waals surface area contributed by atoms with Gasteiger partial charge in [-0.3, -0.25) is 4.98 Å². The molecule has 0 bridgehead atoms. The maximum Gasteiger partial charge on any atom is 0.0270 e. The van der Waals surface area contributed by atoms with Crippen molar-refractivity contribution < 1.29 is 0 Å². The Bertz CT molecular complexity index is 238. The average molecular weight is 161 g/mol. The first-order valence-corrected chi connectivity index (χ1v) is 4.32. The van der Waals surface area contributed by atoms with E-state index in [9.17, 15) is 0 Å². The Balaban J connectivity index is 2.29. The second kappa shape index (κ2) is 4.70. The van der Waals surface area contributed by atoms with E-state index in [0.717, 1.165) is 12.8 Å². The average Bonchev–Trinajstić information content (AvgIpc) is 2.05. The topological polar surface area (TPSA) is 12.9 Å². The van der Waals surface area contributed by atoms with Crippen molar-refractivity contribution in [3.05, 3.63) is 42.2 Å². The summed E-state index contributed by atoms with van der Waals surface area (Å²) in [6, 6.07) is 4.14. The van der Waals surface area contributed by atoms with Gasteiger partial charge in [0.2, 0.25) is 0 Å². The standard InChI is InChI=1S/C11H15N/c1-10(2)4-3-5-11-6-8-12-9-7-11/h6-9H,1,3-5H2,2H3. The van der Waals surface area contributed by atoms with E-state index in [-0.39, 0.29) is 0 Å². The lowest BCUT2D eigenvalue weighted by Crippen LogP contribution is -1.85. The van der Waals surface area contributed by atoms with Gasteiger partial charge in [-0.2, -0.15) is 0 Å². The lowest BCUT2D eigenvalue weighted by molar-refractivity contribution is 0.812. The van der Waals surface area contributed by atoms with E-state index in [1.807, 2.05) is 12.4 Å². The summed E-state index contributed by atoms with van der Waals surface area (Å²) < 4.78 is 0. The maximum atomic E-state index is 3.97. The normalized spacial score (nSPS) is 9.75. The summed E-state index contributed by atoms with van der Waals surface area (Å²) in [5, 5.41) is 0. The summed E-state index contributed by atoms with van der Waals surface area (Å²) in [5.41, 5.74) is 2.63. The van der Waals surface area contributed by atoms with Crippen molar-refractivity contribution in [1.82, 2.24) is 4.98 Å². The molecule has 64 valence electrons. The van der Waals surface area contributed by atoms with Crippen LogP contribution in [0.15, 0.2) is 36.7 Å². The summed E-state index contributed by atoms with van der Waals surface area (Å²) in [6.07, 6.45) is 7.14. The first-order chi connectivity index (χ1) is 5.79. The molecular weight excluding hydrogens is 146 g/mol. The van der Waals surface area contributed by atoms with Gasteiger partial charge >= 0.3 is 0 Å². The highest BCUT2D eigenvalue weighted by Crippen LogP contribution is 2.06. The Morgan fingerprint density at radius 2 is 2.08 bits per heavy atom. The minimum Gasteiger partial charge on any atom is -0.265 e. The number of nitrogens with zero attached hydrogens (tertiary/aromatic N) is 1. The number of hydrogen-bond donors (Lipinski definition) is 0. The van der Waals surface area contributed by atoms with Crippen molar-refractivity contribution in [3.63, 3.8) is 0 Å². The number of allylic oxidation sites excluding steroid dienone is 1. The van der Waals surface area contributed by atoms with Crippen molar-refractivity contribution >= 4 is 0 Å². The fraction of sp³-hybridized carbons (Fsp3) is 0.364. The molecule has 0 saturated carbocycles. The molecular formula is C11H15N. The Morgan fingerprint density at radius 1 is 1.42 bits per heavy atom. The van der Waals surface area contributed by atoms with E-state index in [2.05, 4.69) is 30.6 Å². The van der Waals surface area contributed by atoms with E-state index in [1.165, 1.54) is 17.6 Å². The quantitative estimate of drug-likeness (QED) is 0.619. The molecule has 0 saturated heterocycles. The third kappa shape index (κ3) is 3.33. The zero-order valence-electron chi connectivity index (χ0n) is 7.59. The van der Waals surface area contributed by atoms with Crippen molar-refractivity contribution in [1.29, 1.82) is 0 Å². The predicted molar refractivity (Wildman–Crippen MR) is 52.0 cm³/mol. The number of aromatic nitrogens is 1. The second-order valence-corrected chi connectivity index (χ2v) is 3.17. The molecule has 0 aliphatic carbocycles. The minimum absolute atomic E-state index is 1.13. The van der Waals surface area contributed by atoms with Gasteiger partial charge < -0.3 is 0 Å². The summed E-state index contributed by atoms with van der Waals surface area (Å²) in [5.74, 6) is 0. The van der Waals surface area contributed by atoms with Gasteiger partial charge in [0.1, 0.15) is 0 Å². The van der Waals surface area contributed by atoms with Crippen LogP contribution in [0.1, 0.15) is 25.3 Å². The summed E-state index contributed by atoms with van der Waals surface area (Å²) in [6.45, 7) is 5.95. The molecule has 1 aromatic heterocycles. The van der Waals surface area contributed by atoms with Crippen molar-refractivity contribution in [3.8, 4) is 0 Å². The van der Waals surface area contributed by atoms with Crippen molar-refractivity contribution in [2.24, 2.45) is 0 Å².